The number of hydrogen-bond donors (Lipinski definition) is 2. The summed E-state index contributed by atoms with van der Waals surface area (Å²) in [5.41, 5.74) is 7.01. The monoisotopic (exact) mass is 258 g/mol. The van der Waals surface area contributed by atoms with Gasteiger partial charge in [0.1, 0.15) is 11.3 Å². The molecule has 2 rings (SSSR count). The molecule has 3 N–H and O–H groups in total. The van der Waals surface area contributed by atoms with Gasteiger partial charge in [0.15, 0.2) is 0 Å². The average molecular weight is 258 g/mol. The maximum Gasteiger partial charge on any atom is 0.254 e. The summed E-state index contributed by atoms with van der Waals surface area (Å²) in [7, 11) is 0. The highest BCUT2D eigenvalue weighted by atomic mass is 16.5. The number of pyridine rings is 1. The normalized spacial score (nSPS) is 10.2. The highest BCUT2D eigenvalue weighted by molar-refractivity contribution is 5.95. The molecule has 5 nitrogen and oxygen atoms in total. The molecule has 0 aliphatic heterocycles. The number of carbonyl (C=O) groups is 1. The van der Waals surface area contributed by atoms with Gasteiger partial charge in [-0.3, -0.25) is 4.79 Å². The van der Waals surface area contributed by atoms with Gasteiger partial charge in [-0.15, -0.1) is 0 Å². The molecule has 0 radical (unpaired) electrons. The lowest BCUT2D eigenvalue weighted by Gasteiger charge is -2.09. The van der Waals surface area contributed by atoms with E-state index in [-0.39, 0.29) is 18.1 Å². The van der Waals surface area contributed by atoms with Gasteiger partial charge >= 0.3 is 0 Å². The molecule has 1 heterocycles. The largest absolute Gasteiger partial charge is 0.438 e. The number of rotatable bonds is 4. The molecule has 0 saturated carbocycles. The second-order valence-corrected chi connectivity index (χ2v) is 4.07. The first-order chi connectivity index (χ1) is 9.10. The van der Waals surface area contributed by atoms with E-state index in [1.165, 1.54) is 0 Å². The Labute approximate surface area is 110 Å². The minimum atomic E-state index is -0.588. The number of aliphatic hydroxyl groups excluding tert-OH is 1. The lowest BCUT2D eigenvalue weighted by molar-refractivity contribution is 0.0997. The SMILES string of the molecule is Cc1ccc(C(N)=O)c(Oc2ccc(CO)cc2)n1. The number of carbonyl (C=O) groups excluding carboxylic acids is 1. The Balaban J connectivity index is 2.31. The molecule has 1 aromatic heterocycles. The maximum absolute atomic E-state index is 11.3. The molecule has 0 bridgehead atoms. The van der Waals surface area contributed by atoms with E-state index in [0.29, 0.717) is 5.75 Å². The summed E-state index contributed by atoms with van der Waals surface area (Å²) in [6.45, 7) is 1.77. The van der Waals surface area contributed by atoms with Gasteiger partial charge < -0.3 is 15.6 Å². The van der Waals surface area contributed by atoms with Crippen molar-refractivity contribution in [3.05, 3.63) is 53.2 Å². The topological polar surface area (TPSA) is 85.4 Å². The van der Waals surface area contributed by atoms with Gasteiger partial charge in [0, 0.05) is 5.69 Å². The molecule has 1 amide bonds. The van der Waals surface area contributed by atoms with Gasteiger partial charge in [0.25, 0.3) is 5.91 Å². The Morgan fingerprint density at radius 3 is 2.53 bits per heavy atom. The van der Waals surface area contributed by atoms with Gasteiger partial charge in [0.05, 0.1) is 6.61 Å². The quantitative estimate of drug-likeness (QED) is 0.875. The summed E-state index contributed by atoms with van der Waals surface area (Å²) in [5.74, 6) is 0.122. The van der Waals surface area contributed by atoms with Crippen molar-refractivity contribution >= 4 is 5.91 Å². The van der Waals surface area contributed by atoms with Crippen molar-refractivity contribution in [2.24, 2.45) is 5.73 Å². The molecule has 0 aliphatic rings. The number of aryl methyl sites for hydroxylation is 1. The molecule has 0 aliphatic carbocycles. The van der Waals surface area contributed by atoms with Crippen LogP contribution in [0.1, 0.15) is 21.6 Å². The van der Waals surface area contributed by atoms with E-state index in [2.05, 4.69) is 4.98 Å². The van der Waals surface area contributed by atoms with Crippen LogP contribution in [0.4, 0.5) is 0 Å². The van der Waals surface area contributed by atoms with Gasteiger partial charge in [-0.2, -0.15) is 0 Å². The van der Waals surface area contributed by atoms with E-state index in [4.69, 9.17) is 15.6 Å². The van der Waals surface area contributed by atoms with Crippen LogP contribution in [0.15, 0.2) is 36.4 Å². The lowest BCUT2D eigenvalue weighted by atomic mass is 10.2. The first kappa shape index (κ1) is 13.0. The predicted molar refractivity (Wildman–Crippen MR) is 69.9 cm³/mol. The second kappa shape index (κ2) is 5.49. The number of amides is 1. The Morgan fingerprint density at radius 2 is 1.95 bits per heavy atom. The minimum Gasteiger partial charge on any atom is -0.438 e. The Kier molecular flexibility index (Phi) is 3.77. The standard InChI is InChI=1S/C14H14N2O3/c1-9-2-7-12(13(15)18)14(16-9)19-11-5-3-10(8-17)4-6-11/h2-7,17H,8H2,1H3,(H2,15,18). The fraction of sp³-hybridized carbons (Fsp3) is 0.143. The second-order valence-electron chi connectivity index (χ2n) is 4.07. The van der Waals surface area contributed by atoms with E-state index in [1.54, 1.807) is 43.3 Å². The summed E-state index contributed by atoms with van der Waals surface area (Å²) in [6.07, 6.45) is 0. The fourth-order valence-electron chi connectivity index (χ4n) is 1.57. The number of nitrogens with two attached hydrogens (primary N) is 1. The van der Waals surface area contributed by atoms with Crippen molar-refractivity contribution in [1.29, 1.82) is 0 Å². The smallest absolute Gasteiger partial charge is 0.254 e. The molecule has 0 fully saturated rings. The zero-order chi connectivity index (χ0) is 13.8. The number of benzene rings is 1. The third-order valence-electron chi connectivity index (χ3n) is 2.59. The van der Waals surface area contributed by atoms with Crippen LogP contribution in [0.25, 0.3) is 0 Å². The Bertz CT molecular complexity index is 594. The first-order valence-electron chi connectivity index (χ1n) is 5.75. The number of aromatic nitrogens is 1. The van der Waals surface area contributed by atoms with E-state index in [0.717, 1.165) is 11.3 Å². The Morgan fingerprint density at radius 1 is 1.26 bits per heavy atom. The third-order valence-corrected chi connectivity index (χ3v) is 2.59. The molecule has 5 heteroatoms. The highest BCUT2D eigenvalue weighted by Crippen LogP contribution is 2.23. The first-order valence-corrected chi connectivity index (χ1v) is 5.75. The van der Waals surface area contributed by atoms with Crippen LogP contribution in [0.5, 0.6) is 11.6 Å². The van der Waals surface area contributed by atoms with Crippen LogP contribution in [0.2, 0.25) is 0 Å². The fourth-order valence-corrected chi connectivity index (χ4v) is 1.57. The van der Waals surface area contributed by atoms with Crippen molar-refractivity contribution in [3.8, 4) is 11.6 Å². The molecule has 0 unspecified atom stereocenters. The van der Waals surface area contributed by atoms with Crippen molar-refractivity contribution in [3.63, 3.8) is 0 Å². The van der Waals surface area contributed by atoms with Gasteiger partial charge in [-0.1, -0.05) is 12.1 Å². The van der Waals surface area contributed by atoms with Crippen molar-refractivity contribution < 1.29 is 14.6 Å². The van der Waals surface area contributed by atoms with Crippen molar-refractivity contribution in [2.45, 2.75) is 13.5 Å². The van der Waals surface area contributed by atoms with E-state index < -0.39 is 5.91 Å². The molecule has 1 aromatic carbocycles. The number of nitrogens with zero attached hydrogens (tertiary/aromatic N) is 1. The molecule has 0 atom stereocenters. The maximum atomic E-state index is 11.3. The molecule has 0 spiro atoms. The van der Waals surface area contributed by atoms with E-state index in [9.17, 15) is 4.79 Å². The van der Waals surface area contributed by atoms with Crippen LogP contribution in [0, 0.1) is 6.92 Å². The summed E-state index contributed by atoms with van der Waals surface area (Å²) in [6, 6.07) is 10.1. The Hall–Kier alpha value is -2.40. The zero-order valence-electron chi connectivity index (χ0n) is 10.5. The van der Waals surface area contributed by atoms with E-state index in [1.807, 2.05) is 0 Å². The van der Waals surface area contributed by atoms with Crippen LogP contribution in [-0.4, -0.2) is 16.0 Å². The van der Waals surface area contributed by atoms with Gasteiger partial charge in [0.2, 0.25) is 5.88 Å². The molecular formula is C14H14N2O3. The molecule has 98 valence electrons. The van der Waals surface area contributed by atoms with Crippen LogP contribution in [-0.2, 0) is 6.61 Å². The van der Waals surface area contributed by atoms with Crippen LogP contribution >= 0.6 is 0 Å². The number of hydrogen-bond acceptors (Lipinski definition) is 4. The highest BCUT2D eigenvalue weighted by Gasteiger charge is 2.12. The van der Waals surface area contributed by atoms with Gasteiger partial charge in [-0.25, -0.2) is 4.98 Å². The summed E-state index contributed by atoms with van der Waals surface area (Å²) in [4.78, 5) is 15.5. The summed E-state index contributed by atoms with van der Waals surface area (Å²) >= 11 is 0. The zero-order valence-corrected chi connectivity index (χ0v) is 10.5. The van der Waals surface area contributed by atoms with Crippen molar-refractivity contribution in [1.82, 2.24) is 4.98 Å². The van der Waals surface area contributed by atoms with Gasteiger partial charge in [-0.05, 0) is 36.8 Å². The third kappa shape index (κ3) is 3.08. The number of primary amides is 1. The summed E-state index contributed by atoms with van der Waals surface area (Å²) < 4.78 is 5.56. The lowest BCUT2D eigenvalue weighted by Crippen LogP contribution is -2.13. The van der Waals surface area contributed by atoms with E-state index >= 15 is 0 Å². The average Bonchev–Trinajstić information content (AvgIpc) is 2.39. The number of aliphatic hydroxyl groups is 1. The van der Waals surface area contributed by atoms with Crippen molar-refractivity contribution in [2.75, 3.05) is 0 Å². The molecule has 0 saturated heterocycles. The van der Waals surface area contributed by atoms with Crippen LogP contribution < -0.4 is 10.5 Å². The predicted octanol–water partition coefficient (Wildman–Crippen LogP) is 1.77. The molecular weight excluding hydrogens is 244 g/mol. The molecule has 2 aromatic rings. The summed E-state index contributed by atoms with van der Waals surface area (Å²) in [5, 5.41) is 8.96. The van der Waals surface area contributed by atoms with Crippen LogP contribution in [0.3, 0.4) is 0 Å². The number of ether oxygens (including phenoxy) is 1. The molecule has 19 heavy (non-hydrogen) atoms. The minimum absolute atomic E-state index is 0.0322.